The van der Waals surface area contributed by atoms with E-state index in [0.29, 0.717) is 28.8 Å². The number of methoxy groups -OCH3 is 1. The van der Waals surface area contributed by atoms with E-state index < -0.39 is 0 Å². The number of para-hydroxylation sites is 2. The number of likely N-dealkylation sites (tertiary alicyclic amines) is 1. The minimum Gasteiger partial charge on any atom is -0.495 e. The second-order valence-electron chi connectivity index (χ2n) is 9.31. The molecule has 3 amide bonds. The summed E-state index contributed by atoms with van der Waals surface area (Å²) in [7, 11) is 1.54. The average Bonchev–Trinajstić information content (AvgIpc) is 3.62. The maximum absolute atomic E-state index is 13.6. The first-order valence-corrected chi connectivity index (χ1v) is 12.0. The van der Waals surface area contributed by atoms with Gasteiger partial charge in [0.15, 0.2) is 0 Å². The molecule has 4 aliphatic carbocycles. The van der Waals surface area contributed by atoms with Gasteiger partial charge in [0.25, 0.3) is 5.91 Å². The lowest BCUT2D eigenvalue weighted by atomic mass is 9.63. The van der Waals surface area contributed by atoms with Crippen molar-refractivity contribution in [3.8, 4) is 5.75 Å². The molecule has 0 N–H and O–H groups in total. The molecule has 3 fully saturated rings. The van der Waals surface area contributed by atoms with Gasteiger partial charge >= 0.3 is 0 Å². The lowest BCUT2D eigenvalue weighted by Gasteiger charge is -2.37. The number of benzene rings is 2. The van der Waals surface area contributed by atoms with E-state index in [0.717, 1.165) is 10.9 Å². The van der Waals surface area contributed by atoms with Gasteiger partial charge in [0, 0.05) is 10.0 Å². The number of ether oxygens (including phenoxy) is 1. The quantitative estimate of drug-likeness (QED) is 0.452. The van der Waals surface area contributed by atoms with Gasteiger partial charge in [-0.1, -0.05) is 40.2 Å². The zero-order valence-corrected chi connectivity index (χ0v) is 19.6. The van der Waals surface area contributed by atoms with E-state index >= 15 is 0 Å². The second kappa shape index (κ2) is 7.55. The third-order valence-electron chi connectivity index (χ3n) is 7.75. The molecule has 2 aromatic carbocycles. The first-order valence-electron chi connectivity index (χ1n) is 11.2. The van der Waals surface area contributed by atoms with E-state index in [9.17, 15) is 14.4 Å². The fourth-order valence-electron chi connectivity index (χ4n) is 6.15. The van der Waals surface area contributed by atoms with Gasteiger partial charge in [-0.2, -0.15) is 0 Å². The van der Waals surface area contributed by atoms with Gasteiger partial charge in [0.1, 0.15) is 12.4 Å². The summed E-state index contributed by atoms with van der Waals surface area (Å²) in [5, 5.41) is 0. The Morgan fingerprint density at radius 2 is 1.61 bits per heavy atom. The molecule has 0 spiro atoms. The van der Waals surface area contributed by atoms with Gasteiger partial charge in [-0.05, 0) is 66.5 Å². The number of hydrogen-bond acceptors (Lipinski definition) is 4. The topological polar surface area (TPSA) is 66.9 Å². The van der Waals surface area contributed by atoms with Crippen LogP contribution in [0.2, 0.25) is 0 Å². The summed E-state index contributed by atoms with van der Waals surface area (Å²) in [5.41, 5.74) is 0.982. The van der Waals surface area contributed by atoms with Crippen molar-refractivity contribution < 1.29 is 19.1 Å². The largest absolute Gasteiger partial charge is 0.495 e. The molecule has 1 heterocycles. The third-order valence-corrected chi connectivity index (χ3v) is 8.28. The van der Waals surface area contributed by atoms with Crippen molar-refractivity contribution in [1.82, 2.24) is 4.90 Å². The highest BCUT2D eigenvalue weighted by atomic mass is 79.9. The van der Waals surface area contributed by atoms with Gasteiger partial charge in [-0.15, -0.1) is 0 Å². The van der Waals surface area contributed by atoms with Crippen LogP contribution in [-0.4, -0.2) is 36.4 Å². The number of carbonyl (C=O) groups excluding carboxylic acids is 3. The van der Waals surface area contributed by atoms with Gasteiger partial charge in [0.05, 0.1) is 24.6 Å². The molecule has 7 rings (SSSR count). The minimum absolute atomic E-state index is 0.130. The summed E-state index contributed by atoms with van der Waals surface area (Å²) in [6, 6.07) is 14.2. The van der Waals surface area contributed by atoms with Crippen molar-refractivity contribution in [1.29, 1.82) is 0 Å². The standard InChI is InChI=1S/C26H23BrN2O4/c1-33-21-5-3-2-4-20(21)28(24(30)14-6-8-15(27)9-7-14)13-29-25(31)22-16-10-11-17(19-12-18(16)19)23(22)26(29)32/h2-11,16-19,22-23H,12-13H2,1H3. The highest BCUT2D eigenvalue weighted by Crippen LogP contribution is 2.65. The van der Waals surface area contributed by atoms with Crippen LogP contribution in [-0.2, 0) is 9.59 Å². The lowest BCUT2D eigenvalue weighted by molar-refractivity contribution is -0.140. The van der Waals surface area contributed by atoms with Crippen LogP contribution < -0.4 is 9.64 Å². The Bertz CT molecular complexity index is 1160. The van der Waals surface area contributed by atoms with Gasteiger partial charge in [-0.3, -0.25) is 24.2 Å². The van der Waals surface area contributed by atoms with Crippen LogP contribution in [0.4, 0.5) is 5.69 Å². The van der Waals surface area contributed by atoms with Crippen molar-refractivity contribution in [2.45, 2.75) is 6.42 Å². The number of rotatable bonds is 5. The van der Waals surface area contributed by atoms with Gasteiger partial charge < -0.3 is 4.74 Å². The molecule has 1 aliphatic heterocycles. The van der Waals surface area contributed by atoms with E-state index in [-0.39, 0.29) is 48.1 Å². The molecule has 33 heavy (non-hydrogen) atoms. The van der Waals surface area contributed by atoms with Crippen molar-refractivity contribution in [3.05, 3.63) is 70.7 Å². The Morgan fingerprint density at radius 3 is 2.21 bits per heavy atom. The monoisotopic (exact) mass is 506 g/mol. The Labute approximate surface area is 200 Å². The molecule has 2 aromatic rings. The summed E-state index contributed by atoms with van der Waals surface area (Å²) in [6.45, 7) is -0.130. The summed E-state index contributed by atoms with van der Waals surface area (Å²) < 4.78 is 6.37. The molecule has 6 unspecified atom stereocenters. The number of halogens is 1. The van der Waals surface area contributed by atoms with Gasteiger partial charge in [-0.25, -0.2) is 0 Å². The Hall–Kier alpha value is -2.93. The highest BCUT2D eigenvalue weighted by molar-refractivity contribution is 9.10. The van der Waals surface area contributed by atoms with Crippen LogP contribution in [0.15, 0.2) is 65.2 Å². The molecular formula is C26H23BrN2O4. The number of imide groups is 1. The van der Waals surface area contributed by atoms with E-state index in [1.165, 1.54) is 16.9 Å². The minimum atomic E-state index is -0.300. The Kier molecular flexibility index (Phi) is 4.73. The number of hydrogen-bond donors (Lipinski definition) is 0. The van der Waals surface area contributed by atoms with Crippen LogP contribution in [0.3, 0.4) is 0 Å². The summed E-state index contributed by atoms with van der Waals surface area (Å²) in [5.74, 6) is 0.671. The van der Waals surface area contributed by atoms with Crippen LogP contribution in [0.25, 0.3) is 0 Å². The zero-order valence-electron chi connectivity index (χ0n) is 18.1. The predicted molar refractivity (Wildman–Crippen MR) is 125 cm³/mol. The molecule has 2 bridgehead atoms. The Morgan fingerprint density at radius 1 is 1.00 bits per heavy atom. The highest BCUT2D eigenvalue weighted by Gasteiger charge is 2.67. The molecule has 1 saturated heterocycles. The Balaban J connectivity index is 1.36. The lowest BCUT2D eigenvalue weighted by Crippen LogP contribution is -2.45. The van der Waals surface area contributed by atoms with Crippen molar-refractivity contribution >= 4 is 39.3 Å². The van der Waals surface area contributed by atoms with Crippen molar-refractivity contribution in [2.75, 3.05) is 18.7 Å². The van der Waals surface area contributed by atoms with Crippen LogP contribution in [0, 0.1) is 35.5 Å². The molecule has 6 atom stereocenters. The first-order chi connectivity index (χ1) is 16.0. The normalized spacial score (nSPS) is 30.8. The zero-order chi connectivity index (χ0) is 22.9. The summed E-state index contributed by atoms with van der Waals surface area (Å²) in [4.78, 5) is 43.5. The molecule has 7 heteroatoms. The van der Waals surface area contributed by atoms with E-state index in [1.54, 1.807) is 36.4 Å². The molecule has 168 valence electrons. The molecule has 0 radical (unpaired) electrons. The van der Waals surface area contributed by atoms with Crippen LogP contribution in [0.1, 0.15) is 16.8 Å². The molecular weight excluding hydrogens is 484 g/mol. The second-order valence-corrected chi connectivity index (χ2v) is 10.2. The number of nitrogens with zero attached hydrogens (tertiary/aromatic N) is 2. The van der Waals surface area contributed by atoms with E-state index in [4.69, 9.17) is 4.74 Å². The van der Waals surface area contributed by atoms with Crippen molar-refractivity contribution in [2.24, 2.45) is 35.5 Å². The smallest absolute Gasteiger partial charge is 0.259 e. The fraction of sp³-hybridized carbons (Fsp3) is 0.346. The first kappa shape index (κ1) is 20.7. The van der Waals surface area contributed by atoms with E-state index in [1.807, 2.05) is 12.1 Å². The predicted octanol–water partition coefficient (Wildman–Crippen LogP) is 4.12. The number of anilines is 1. The maximum Gasteiger partial charge on any atom is 0.259 e. The van der Waals surface area contributed by atoms with Gasteiger partial charge in [0.2, 0.25) is 11.8 Å². The molecule has 2 saturated carbocycles. The number of allylic oxidation sites excluding steroid dienone is 2. The van der Waals surface area contributed by atoms with Crippen molar-refractivity contribution in [3.63, 3.8) is 0 Å². The molecule has 5 aliphatic rings. The number of carbonyl (C=O) groups is 3. The SMILES string of the molecule is COc1ccccc1N(CN1C(=O)C2C3C=CC(C4CC34)C2C1=O)C(=O)c1ccc(Br)cc1. The average molecular weight is 507 g/mol. The molecule has 6 nitrogen and oxygen atoms in total. The summed E-state index contributed by atoms with van der Waals surface area (Å²) >= 11 is 3.40. The van der Waals surface area contributed by atoms with E-state index in [2.05, 4.69) is 28.1 Å². The molecule has 0 aromatic heterocycles. The summed E-state index contributed by atoms with van der Waals surface area (Å²) in [6.07, 6.45) is 5.42. The van der Waals surface area contributed by atoms with Crippen LogP contribution in [0.5, 0.6) is 5.75 Å². The maximum atomic E-state index is 13.6. The van der Waals surface area contributed by atoms with Crippen LogP contribution >= 0.6 is 15.9 Å². The fourth-order valence-corrected chi connectivity index (χ4v) is 6.41. The number of amides is 3. The third kappa shape index (κ3) is 3.09.